The van der Waals surface area contributed by atoms with Gasteiger partial charge in [0, 0.05) is 5.33 Å². The smallest absolute Gasteiger partial charge is 0.310 e. The van der Waals surface area contributed by atoms with Crippen LogP contribution >= 0.6 is 15.9 Å². The maximum Gasteiger partial charge on any atom is 0.310 e. The number of carbonyl (C=O) groups is 2. The summed E-state index contributed by atoms with van der Waals surface area (Å²) in [6.07, 6.45) is 1.99. The van der Waals surface area contributed by atoms with Crippen LogP contribution in [0.2, 0.25) is 0 Å². The van der Waals surface area contributed by atoms with Crippen molar-refractivity contribution < 1.29 is 19.1 Å². The second-order valence-electron chi connectivity index (χ2n) is 8.30. The number of hydrogen-bond acceptors (Lipinski definition) is 4. The van der Waals surface area contributed by atoms with Crippen LogP contribution in [0.4, 0.5) is 0 Å². The second-order valence-corrected chi connectivity index (χ2v) is 9.09. The van der Waals surface area contributed by atoms with Crippen molar-refractivity contribution in [2.24, 2.45) is 17.8 Å². The number of rotatable bonds is 10. The first kappa shape index (κ1) is 23.7. The standard InChI is InChI=1S/C22H33BrO4/c1-16(2)14-19(20(24)26-15-17-10-7-6-8-11-17)18(12-9-13-23)21(25)27-22(3,4)5/h6-8,10-11,16,18-19H,9,12-15H2,1-5H3/t18-,19?/m0/s1. The lowest BCUT2D eigenvalue weighted by Gasteiger charge is -2.29. The quantitative estimate of drug-likeness (QED) is 0.354. The van der Waals surface area contributed by atoms with Gasteiger partial charge in [-0.05, 0) is 51.5 Å². The Labute approximate surface area is 172 Å². The largest absolute Gasteiger partial charge is 0.461 e. The number of carbonyl (C=O) groups excluding carboxylic acids is 2. The molecule has 0 aromatic heterocycles. The van der Waals surface area contributed by atoms with Crippen LogP contribution in [0, 0.1) is 17.8 Å². The molecule has 0 heterocycles. The van der Waals surface area contributed by atoms with Gasteiger partial charge in [-0.1, -0.05) is 60.1 Å². The van der Waals surface area contributed by atoms with E-state index in [0.717, 1.165) is 17.3 Å². The first-order chi connectivity index (χ1) is 12.6. The van der Waals surface area contributed by atoms with Crippen LogP contribution in [0.3, 0.4) is 0 Å². The van der Waals surface area contributed by atoms with E-state index in [2.05, 4.69) is 15.9 Å². The maximum atomic E-state index is 12.9. The monoisotopic (exact) mass is 440 g/mol. The Bertz CT molecular complexity index is 578. The molecule has 0 bridgehead atoms. The molecule has 152 valence electrons. The molecule has 0 saturated carbocycles. The third kappa shape index (κ3) is 9.41. The second kappa shape index (κ2) is 11.5. The molecule has 0 fully saturated rings. The summed E-state index contributed by atoms with van der Waals surface area (Å²) in [5.41, 5.74) is 0.350. The Balaban J connectivity index is 2.94. The van der Waals surface area contributed by atoms with E-state index in [1.165, 1.54) is 0 Å². The van der Waals surface area contributed by atoms with E-state index in [0.29, 0.717) is 12.8 Å². The van der Waals surface area contributed by atoms with Crippen LogP contribution in [0.25, 0.3) is 0 Å². The Morgan fingerprint density at radius 2 is 1.67 bits per heavy atom. The molecule has 0 aliphatic carbocycles. The van der Waals surface area contributed by atoms with Gasteiger partial charge in [-0.3, -0.25) is 9.59 Å². The van der Waals surface area contributed by atoms with Crippen molar-refractivity contribution in [3.63, 3.8) is 0 Å². The summed E-state index contributed by atoms with van der Waals surface area (Å²) in [5.74, 6) is -1.35. The van der Waals surface area contributed by atoms with Gasteiger partial charge in [0.2, 0.25) is 0 Å². The molecular weight excluding hydrogens is 408 g/mol. The molecule has 5 heteroatoms. The highest BCUT2D eigenvalue weighted by molar-refractivity contribution is 9.09. The molecule has 1 aromatic rings. The molecule has 0 amide bonds. The van der Waals surface area contributed by atoms with Crippen molar-refractivity contribution in [1.82, 2.24) is 0 Å². The lowest BCUT2D eigenvalue weighted by atomic mass is 9.82. The van der Waals surface area contributed by atoms with E-state index in [1.807, 2.05) is 65.0 Å². The summed E-state index contributed by atoms with van der Waals surface area (Å²) < 4.78 is 11.2. The van der Waals surface area contributed by atoms with E-state index in [4.69, 9.17) is 9.47 Å². The van der Waals surface area contributed by atoms with E-state index in [1.54, 1.807) is 0 Å². The SMILES string of the molecule is CC(C)CC(C(=O)OCc1ccccc1)[C@H](CCCBr)C(=O)OC(C)(C)C. The molecule has 0 N–H and O–H groups in total. The molecule has 0 aliphatic rings. The molecule has 1 aromatic carbocycles. The lowest BCUT2D eigenvalue weighted by Crippen LogP contribution is -2.37. The van der Waals surface area contributed by atoms with Gasteiger partial charge in [-0.25, -0.2) is 0 Å². The zero-order chi connectivity index (χ0) is 20.4. The highest BCUT2D eigenvalue weighted by Crippen LogP contribution is 2.29. The molecule has 0 radical (unpaired) electrons. The van der Waals surface area contributed by atoms with Gasteiger partial charge in [0.15, 0.2) is 0 Å². The van der Waals surface area contributed by atoms with Crippen LogP contribution in [-0.2, 0) is 25.7 Å². The molecule has 1 unspecified atom stereocenters. The van der Waals surface area contributed by atoms with E-state index in [-0.39, 0.29) is 24.5 Å². The van der Waals surface area contributed by atoms with Crippen LogP contribution in [0.1, 0.15) is 59.4 Å². The van der Waals surface area contributed by atoms with Gasteiger partial charge in [-0.15, -0.1) is 0 Å². The molecule has 0 aliphatic heterocycles. The van der Waals surface area contributed by atoms with Gasteiger partial charge < -0.3 is 9.47 Å². The maximum absolute atomic E-state index is 12.9. The molecule has 0 spiro atoms. The Hall–Kier alpha value is -1.36. The summed E-state index contributed by atoms with van der Waals surface area (Å²) in [6.45, 7) is 9.85. The van der Waals surface area contributed by atoms with Gasteiger partial charge >= 0.3 is 11.9 Å². The summed E-state index contributed by atoms with van der Waals surface area (Å²) >= 11 is 3.42. The van der Waals surface area contributed by atoms with Gasteiger partial charge in [-0.2, -0.15) is 0 Å². The number of benzene rings is 1. The van der Waals surface area contributed by atoms with Crippen molar-refractivity contribution >= 4 is 27.9 Å². The fourth-order valence-corrected chi connectivity index (χ4v) is 3.25. The topological polar surface area (TPSA) is 52.6 Å². The minimum Gasteiger partial charge on any atom is -0.461 e. The number of alkyl halides is 1. The molecule has 1 rings (SSSR count). The number of ether oxygens (including phenoxy) is 2. The fraction of sp³-hybridized carbons (Fsp3) is 0.636. The minimum absolute atomic E-state index is 0.216. The number of esters is 2. The van der Waals surface area contributed by atoms with Gasteiger partial charge in [0.1, 0.15) is 12.2 Å². The van der Waals surface area contributed by atoms with Crippen molar-refractivity contribution in [3.05, 3.63) is 35.9 Å². The van der Waals surface area contributed by atoms with Crippen LogP contribution in [0.15, 0.2) is 30.3 Å². The van der Waals surface area contributed by atoms with Crippen LogP contribution < -0.4 is 0 Å². The third-order valence-electron chi connectivity index (χ3n) is 4.10. The Morgan fingerprint density at radius 1 is 1.04 bits per heavy atom. The molecule has 2 atom stereocenters. The predicted octanol–water partition coefficient (Wildman–Crippen LogP) is 5.53. The molecular formula is C22H33BrO4. The number of hydrogen-bond donors (Lipinski definition) is 0. The average molecular weight is 441 g/mol. The zero-order valence-corrected chi connectivity index (χ0v) is 18.8. The first-order valence-electron chi connectivity index (χ1n) is 9.63. The highest BCUT2D eigenvalue weighted by Gasteiger charge is 2.37. The van der Waals surface area contributed by atoms with Gasteiger partial charge in [0.05, 0.1) is 11.8 Å². The Morgan fingerprint density at radius 3 is 2.19 bits per heavy atom. The zero-order valence-electron chi connectivity index (χ0n) is 17.2. The average Bonchev–Trinajstić information content (AvgIpc) is 2.58. The molecule has 27 heavy (non-hydrogen) atoms. The molecule has 0 saturated heterocycles. The third-order valence-corrected chi connectivity index (χ3v) is 4.66. The summed E-state index contributed by atoms with van der Waals surface area (Å²) in [4.78, 5) is 25.7. The predicted molar refractivity (Wildman–Crippen MR) is 112 cm³/mol. The lowest BCUT2D eigenvalue weighted by molar-refractivity contribution is -0.169. The van der Waals surface area contributed by atoms with Crippen molar-refractivity contribution in [1.29, 1.82) is 0 Å². The van der Waals surface area contributed by atoms with Crippen molar-refractivity contribution in [3.8, 4) is 0 Å². The van der Waals surface area contributed by atoms with E-state index >= 15 is 0 Å². The Kier molecular flexibility index (Phi) is 10.1. The highest BCUT2D eigenvalue weighted by atomic mass is 79.9. The normalized spacial score (nSPS) is 13.9. The fourth-order valence-electron chi connectivity index (χ4n) is 2.93. The van der Waals surface area contributed by atoms with Crippen molar-refractivity contribution in [2.45, 2.75) is 66.1 Å². The first-order valence-corrected chi connectivity index (χ1v) is 10.8. The minimum atomic E-state index is -0.583. The van der Waals surface area contributed by atoms with Crippen LogP contribution in [0.5, 0.6) is 0 Å². The van der Waals surface area contributed by atoms with E-state index < -0.39 is 17.4 Å². The summed E-state index contributed by atoms with van der Waals surface area (Å²) in [5, 5.41) is 0.778. The van der Waals surface area contributed by atoms with Gasteiger partial charge in [0.25, 0.3) is 0 Å². The summed E-state index contributed by atoms with van der Waals surface area (Å²) in [7, 11) is 0. The van der Waals surface area contributed by atoms with Crippen LogP contribution in [-0.4, -0.2) is 22.9 Å². The summed E-state index contributed by atoms with van der Waals surface area (Å²) in [6, 6.07) is 9.58. The number of halogens is 1. The van der Waals surface area contributed by atoms with E-state index in [9.17, 15) is 9.59 Å². The van der Waals surface area contributed by atoms with Crippen molar-refractivity contribution in [2.75, 3.05) is 5.33 Å². The molecule has 4 nitrogen and oxygen atoms in total.